The van der Waals surface area contributed by atoms with Gasteiger partial charge in [-0.2, -0.15) is 0 Å². The maximum Gasteiger partial charge on any atom is 0.279 e. The zero-order valence-corrected chi connectivity index (χ0v) is 14.1. The van der Waals surface area contributed by atoms with Gasteiger partial charge in [0.2, 0.25) is 0 Å². The molecule has 1 heterocycles. The third kappa shape index (κ3) is 4.44. The minimum atomic E-state index is 0.0583. The Labute approximate surface area is 135 Å². The molecule has 1 aromatic carbocycles. The lowest BCUT2D eigenvalue weighted by Crippen LogP contribution is -1.98. The molecule has 2 aromatic rings. The molecule has 0 saturated carbocycles. The summed E-state index contributed by atoms with van der Waals surface area (Å²) in [6, 6.07) is 5.96. The number of aryl methyl sites for hydroxylation is 1. The van der Waals surface area contributed by atoms with E-state index in [9.17, 15) is 4.79 Å². The number of ketones is 1. The van der Waals surface area contributed by atoms with Crippen LogP contribution in [0.2, 0.25) is 0 Å². The van der Waals surface area contributed by atoms with Gasteiger partial charge >= 0.3 is 0 Å². The van der Waals surface area contributed by atoms with Crippen molar-refractivity contribution in [2.24, 2.45) is 5.92 Å². The van der Waals surface area contributed by atoms with E-state index in [1.807, 2.05) is 26.0 Å². The van der Waals surface area contributed by atoms with Crippen molar-refractivity contribution in [1.29, 1.82) is 0 Å². The Bertz CT molecular complexity index is 737. The van der Waals surface area contributed by atoms with E-state index in [-0.39, 0.29) is 11.7 Å². The molecule has 0 N–H and O–H groups in total. The molecule has 0 aliphatic carbocycles. The quantitative estimate of drug-likeness (QED) is 0.779. The van der Waals surface area contributed by atoms with Crippen LogP contribution in [0.25, 0.3) is 0 Å². The van der Waals surface area contributed by atoms with E-state index in [0.29, 0.717) is 11.6 Å². The maximum absolute atomic E-state index is 11.0. The normalized spacial score (nSPS) is 11.5. The molecule has 0 spiro atoms. The van der Waals surface area contributed by atoms with Crippen molar-refractivity contribution in [3.63, 3.8) is 0 Å². The van der Waals surface area contributed by atoms with Crippen LogP contribution in [0.1, 0.15) is 36.3 Å². The SMILES string of the molecule is CC(=O)CC(C)C#Cc1cnc(Oc2cccc(C)c2C)s1. The fraction of sp³-hybridized carbons (Fsp3) is 0.333. The summed E-state index contributed by atoms with van der Waals surface area (Å²) in [7, 11) is 0. The average Bonchev–Trinajstić information content (AvgIpc) is 2.89. The topological polar surface area (TPSA) is 39.2 Å². The summed E-state index contributed by atoms with van der Waals surface area (Å²) in [4.78, 5) is 16.1. The summed E-state index contributed by atoms with van der Waals surface area (Å²) < 4.78 is 5.83. The van der Waals surface area contributed by atoms with Crippen LogP contribution in [-0.2, 0) is 4.79 Å². The number of hydrogen-bond acceptors (Lipinski definition) is 4. The highest BCUT2D eigenvalue weighted by Crippen LogP contribution is 2.29. The van der Waals surface area contributed by atoms with Crippen molar-refractivity contribution in [2.45, 2.75) is 34.1 Å². The molecule has 0 aliphatic rings. The van der Waals surface area contributed by atoms with Crippen molar-refractivity contribution < 1.29 is 9.53 Å². The molecular weight excluding hydrogens is 294 g/mol. The smallest absolute Gasteiger partial charge is 0.279 e. The number of carbonyl (C=O) groups is 1. The minimum Gasteiger partial charge on any atom is -0.431 e. The lowest BCUT2D eigenvalue weighted by atomic mass is 10.1. The first-order valence-electron chi connectivity index (χ1n) is 7.16. The molecule has 1 aromatic heterocycles. The number of ether oxygens (including phenoxy) is 1. The number of nitrogens with zero attached hydrogens (tertiary/aromatic N) is 1. The van der Waals surface area contributed by atoms with Crippen LogP contribution in [-0.4, -0.2) is 10.8 Å². The van der Waals surface area contributed by atoms with Crippen molar-refractivity contribution >= 4 is 17.1 Å². The van der Waals surface area contributed by atoms with E-state index in [2.05, 4.69) is 29.8 Å². The van der Waals surface area contributed by atoms with Gasteiger partial charge in [0.1, 0.15) is 16.4 Å². The highest BCUT2D eigenvalue weighted by molar-refractivity contribution is 7.13. The Morgan fingerprint density at radius 3 is 2.91 bits per heavy atom. The molecule has 1 unspecified atom stereocenters. The molecule has 0 amide bonds. The lowest BCUT2D eigenvalue weighted by molar-refractivity contribution is -0.117. The van der Waals surface area contributed by atoms with Gasteiger partial charge in [-0.15, -0.1) is 0 Å². The molecule has 0 radical (unpaired) electrons. The van der Waals surface area contributed by atoms with Gasteiger partial charge in [-0.25, -0.2) is 4.98 Å². The molecule has 0 bridgehead atoms. The molecular formula is C18H19NO2S. The number of hydrogen-bond donors (Lipinski definition) is 0. The molecule has 2 rings (SSSR count). The van der Waals surface area contributed by atoms with Crippen molar-refractivity contribution in [1.82, 2.24) is 4.98 Å². The predicted molar refractivity (Wildman–Crippen MR) is 89.4 cm³/mol. The van der Waals surface area contributed by atoms with Crippen molar-refractivity contribution in [3.8, 4) is 22.8 Å². The van der Waals surface area contributed by atoms with E-state index in [4.69, 9.17) is 4.74 Å². The van der Waals surface area contributed by atoms with Gasteiger partial charge in [-0.1, -0.05) is 42.2 Å². The molecule has 0 saturated heterocycles. The number of Topliss-reactive ketones (excluding diaryl/α,β-unsaturated/α-hetero) is 1. The standard InChI is InChI=1S/C18H19NO2S/c1-12(10-14(3)20)8-9-16-11-19-18(22-16)21-17-7-5-6-13(2)15(17)4/h5-7,11-12H,10H2,1-4H3. The summed E-state index contributed by atoms with van der Waals surface area (Å²) in [5.74, 6) is 7.16. The molecule has 0 aliphatic heterocycles. The monoisotopic (exact) mass is 313 g/mol. The number of rotatable bonds is 4. The lowest BCUT2D eigenvalue weighted by Gasteiger charge is -2.07. The maximum atomic E-state index is 11.0. The van der Waals surface area contributed by atoms with Gasteiger partial charge in [-0.05, 0) is 38.0 Å². The second-order valence-corrected chi connectivity index (χ2v) is 6.36. The van der Waals surface area contributed by atoms with E-state index >= 15 is 0 Å². The van der Waals surface area contributed by atoms with Crippen LogP contribution < -0.4 is 4.74 Å². The zero-order valence-electron chi connectivity index (χ0n) is 13.3. The van der Waals surface area contributed by atoms with E-state index in [1.54, 1.807) is 13.1 Å². The van der Waals surface area contributed by atoms with Crippen molar-refractivity contribution in [2.75, 3.05) is 0 Å². The van der Waals surface area contributed by atoms with Crippen LogP contribution in [0.5, 0.6) is 10.9 Å². The first-order valence-corrected chi connectivity index (χ1v) is 7.98. The number of thiazole rings is 1. The Kier molecular flexibility index (Phi) is 5.35. The fourth-order valence-corrected chi connectivity index (χ4v) is 2.61. The first-order chi connectivity index (χ1) is 10.5. The third-order valence-corrected chi connectivity index (χ3v) is 4.06. The highest BCUT2D eigenvalue weighted by Gasteiger charge is 2.07. The van der Waals surface area contributed by atoms with E-state index in [0.717, 1.165) is 16.2 Å². The molecule has 1 atom stereocenters. The first kappa shape index (κ1) is 16.3. The van der Waals surface area contributed by atoms with Gasteiger partial charge in [0.15, 0.2) is 0 Å². The Morgan fingerprint density at radius 1 is 1.41 bits per heavy atom. The zero-order chi connectivity index (χ0) is 16.1. The second kappa shape index (κ2) is 7.24. The van der Waals surface area contributed by atoms with Gasteiger partial charge in [0, 0.05) is 12.3 Å². The van der Waals surface area contributed by atoms with Crippen molar-refractivity contribution in [3.05, 3.63) is 40.4 Å². The molecule has 4 heteroatoms. The largest absolute Gasteiger partial charge is 0.431 e. The van der Waals surface area contributed by atoms with Gasteiger partial charge in [0.25, 0.3) is 5.19 Å². The molecule has 22 heavy (non-hydrogen) atoms. The Morgan fingerprint density at radius 2 is 2.18 bits per heavy atom. The van der Waals surface area contributed by atoms with Crippen LogP contribution in [0.3, 0.4) is 0 Å². The van der Waals surface area contributed by atoms with E-state index < -0.39 is 0 Å². The second-order valence-electron chi connectivity index (χ2n) is 5.37. The van der Waals surface area contributed by atoms with Crippen LogP contribution in [0, 0.1) is 31.6 Å². The van der Waals surface area contributed by atoms with E-state index in [1.165, 1.54) is 16.9 Å². The summed E-state index contributed by atoms with van der Waals surface area (Å²) in [5.41, 5.74) is 2.30. The number of aromatic nitrogens is 1. The molecule has 114 valence electrons. The number of benzene rings is 1. The van der Waals surface area contributed by atoms with Gasteiger partial charge in [-0.3, -0.25) is 4.79 Å². The molecule has 0 fully saturated rings. The third-order valence-electron chi connectivity index (χ3n) is 3.27. The fourth-order valence-electron chi connectivity index (χ4n) is 1.97. The van der Waals surface area contributed by atoms with Crippen LogP contribution >= 0.6 is 11.3 Å². The Hall–Kier alpha value is -2.12. The van der Waals surface area contributed by atoms with Crippen LogP contribution in [0.4, 0.5) is 0 Å². The predicted octanol–water partition coefficient (Wildman–Crippen LogP) is 4.52. The summed E-state index contributed by atoms with van der Waals surface area (Å²) >= 11 is 1.41. The summed E-state index contributed by atoms with van der Waals surface area (Å²) in [5, 5.41) is 0.581. The van der Waals surface area contributed by atoms with Gasteiger partial charge in [0.05, 0.1) is 6.20 Å². The minimum absolute atomic E-state index is 0.0583. The average molecular weight is 313 g/mol. The summed E-state index contributed by atoms with van der Waals surface area (Å²) in [6.07, 6.45) is 2.19. The Balaban J connectivity index is 2.07. The number of carbonyl (C=O) groups excluding carboxylic acids is 1. The summed E-state index contributed by atoms with van der Waals surface area (Å²) in [6.45, 7) is 7.61. The van der Waals surface area contributed by atoms with Crippen LogP contribution in [0.15, 0.2) is 24.4 Å². The van der Waals surface area contributed by atoms with Gasteiger partial charge < -0.3 is 4.74 Å². The highest BCUT2D eigenvalue weighted by atomic mass is 32.1. The molecule has 3 nitrogen and oxygen atoms in total.